The van der Waals surface area contributed by atoms with E-state index in [9.17, 15) is 23.1 Å². The largest absolute Gasteiger partial charge is 0.481 e. The van der Waals surface area contributed by atoms with Crippen molar-refractivity contribution in [3.8, 4) is 0 Å². The lowest BCUT2D eigenvalue weighted by Gasteiger charge is -2.37. The molecule has 0 radical (unpaired) electrons. The molecule has 0 spiro atoms. The molecule has 7 heteroatoms. The number of aromatic nitrogens is 1. The highest BCUT2D eigenvalue weighted by molar-refractivity contribution is 5.70. The predicted molar refractivity (Wildman–Crippen MR) is 98.8 cm³/mol. The highest BCUT2D eigenvalue weighted by Crippen LogP contribution is 2.39. The molecule has 1 N–H and O–H groups in total. The van der Waals surface area contributed by atoms with Crippen LogP contribution < -0.4 is 0 Å². The van der Waals surface area contributed by atoms with Crippen LogP contribution in [0.2, 0.25) is 0 Å². The highest BCUT2D eigenvalue weighted by atomic mass is 19.4. The van der Waals surface area contributed by atoms with Gasteiger partial charge >= 0.3 is 12.1 Å². The molecule has 1 unspecified atom stereocenters. The van der Waals surface area contributed by atoms with Crippen LogP contribution in [0.4, 0.5) is 13.2 Å². The van der Waals surface area contributed by atoms with Gasteiger partial charge in [0.2, 0.25) is 0 Å². The van der Waals surface area contributed by atoms with Crippen molar-refractivity contribution < 1.29 is 23.1 Å². The zero-order valence-electron chi connectivity index (χ0n) is 15.6. The second-order valence-corrected chi connectivity index (χ2v) is 7.08. The normalized spacial score (nSPS) is 17.4. The molecule has 3 rings (SSSR count). The Bertz CT molecular complexity index is 813. The first-order valence-corrected chi connectivity index (χ1v) is 9.39. The summed E-state index contributed by atoms with van der Waals surface area (Å²) in [5.41, 5.74) is 1.03. The number of halogens is 3. The summed E-state index contributed by atoms with van der Waals surface area (Å²) in [6, 6.07) is 8.56. The highest BCUT2D eigenvalue weighted by Gasteiger charge is 2.38. The minimum Gasteiger partial charge on any atom is -0.481 e. The van der Waals surface area contributed by atoms with Crippen molar-refractivity contribution >= 4 is 5.97 Å². The summed E-state index contributed by atoms with van der Waals surface area (Å²) in [6.45, 7) is 2.81. The predicted octanol–water partition coefficient (Wildman–Crippen LogP) is 4.55. The van der Waals surface area contributed by atoms with Gasteiger partial charge in [-0.25, -0.2) is 0 Å². The second-order valence-electron chi connectivity index (χ2n) is 7.08. The van der Waals surface area contributed by atoms with Gasteiger partial charge in [0.05, 0.1) is 23.2 Å². The summed E-state index contributed by atoms with van der Waals surface area (Å²) in [6.07, 6.45) is -1.17. The van der Waals surface area contributed by atoms with Gasteiger partial charge in [0.15, 0.2) is 0 Å². The summed E-state index contributed by atoms with van der Waals surface area (Å²) in [4.78, 5) is 17.6. The van der Waals surface area contributed by atoms with Gasteiger partial charge < -0.3 is 5.11 Å². The lowest BCUT2D eigenvalue weighted by atomic mass is 9.91. The SMILES string of the molecule is CCc1ccc(C(c2ccccc2C(F)(F)F)N2CCC(C(=O)O)CC2)nc1. The van der Waals surface area contributed by atoms with Crippen LogP contribution in [-0.2, 0) is 17.4 Å². The number of piperidine rings is 1. The molecule has 1 aromatic carbocycles. The molecule has 2 heterocycles. The molecule has 2 aromatic rings. The third-order valence-corrected chi connectivity index (χ3v) is 5.34. The van der Waals surface area contributed by atoms with Gasteiger partial charge in [-0.3, -0.25) is 14.7 Å². The first-order valence-electron chi connectivity index (χ1n) is 9.39. The molecule has 4 nitrogen and oxygen atoms in total. The lowest BCUT2D eigenvalue weighted by molar-refractivity contribution is -0.143. The number of aryl methyl sites for hydroxylation is 1. The summed E-state index contributed by atoms with van der Waals surface area (Å²) in [7, 11) is 0. The molecule has 1 fully saturated rings. The molecule has 0 bridgehead atoms. The number of likely N-dealkylation sites (tertiary alicyclic amines) is 1. The van der Waals surface area contributed by atoms with Gasteiger partial charge in [-0.15, -0.1) is 0 Å². The number of pyridine rings is 1. The Morgan fingerprint density at radius 1 is 1.21 bits per heavy atom. The zero-order chi connectivity index (χ0) is 20.3. The van der Waals surface area contributed by atoms with E-state index >= 15 is 0 Å². The van der Waals surface area contributed by atoms with E-state index < -0.39 is 29.7 Å². The van der Waals surface area contributed by atoms with E-state index in [-0.39, 0.29) is 5.56 Å². The average molecular weight is 392 g/mol. The van der Waals surface area contributed by atoms with Crippen LogP contribution in [0.3, 0.4) is 0 Å². The molecule has 1 saturated heterocycles. The molecule has 1 atom stereocenters. The van der Waals surface area contributed by atoms with Crippen LogP contribution in [0.5, 0.6) is 0 Å². The van der Waals surface area contributed by atoms with Gasteiger partial charge in [-0.2, -0.15) is 13.2 Å². The van der Waals surface area contributed by atoms with Crippen LogP contribution in [0.1, 0.15) is 48.2 Å². The minimum absolute atomic E-state index is 0.153. The van der Waals surface area contributed by atoms with E-state index in [1.807, 2.05) is 17.9 Å². The Morgan fingerprint density at radius 3 is 2.43 bits per heavy atom. The molecule has 0 amide bonds. The van der Waals surface area contributed by atoms with Crippen LogP contribution in [0, 0.1) is 5.92 Å². The molecule has 150 valence electrons. The summed E-state index contributed by atoms with van der Waals surface area (Å²) in [5.74, 6) is -1.30. The number of carbonyl (C=O) groups is 1. The van der Waals surface area contributed by atoms with Crippen LogP contribution in [-0.4, -0.2) is 34.0 Å². The fourth-order valence-corrected chi connectivity index (χ4v) is 3.75. The third-order valence-electron chi connectivity index (χ3n) is 5.34. The number of carboxylic acid groups (broad SMARTS) is 1. The molecule has 1 aliphatic heterocycles. The maximum atomic E-state index is 13.7. The van der Waals surface area contributed by atoms with E-state index in [0.29, 0.717) is 31.6 Å². The van der Waals surface area contributed by atoms with Gasteiger partial charge in [-0.1, -0.05) is 31.2 Å². The Kier molecular flexibility index (Phi) is 6.03. The van der Waals surface area contributed by atoms with Gasteiger partial charge in [-0.05, 0) is 55.6 Å². The number of nitrogens with zero attached hydrogens (tertiary/aromatic N) is 2. The summed E-state index contributed by atoms with van der Waals surface area (Å²) >= 11 is 0. The van der Waals surface area contributed by atoms with E-state index in [0.717, 1.165) is 18.1 Å². The lowest BCUT2D eigenvalue weighted by Crippen LogP contribution is -2.40. The summed E-state index contributed by atoms with van der Waals surface area (Å²) in [5, 5.41) is 9.23. The fraction of sp³-hybridized carbons (Fsp3) is 0.429. The van der Waals surface area contributed by atoms with Gasteiger partial charge in [0.25, 0.3) is 0 Å². The van der Waals surface area contributed by atoms with Crippen molar-refractivity contribution in [2.24, 2.45) is 5.92 Å². The number of rotatable bonds is 5. The van der Waals surface area contributed by atoms with Gasteiger partial charge in [0, 0.05) is 6.20 Å². The number of alkyl halides is 3. The molecule has 1 aliphatic rings. The van der Waals surface area contributed by atoms with Crippen molar-refractivity contribution in [3.05, 3.63) is 65.0 Å². The average Bonchev–Trinajstić information content (AvgIpc) is 2.69. The molecular formula is C21H23F3N2O2. The zero-order valence-corrected chi connectivity index (χ0v) is 15.6. The monoisotopic (exact) mass is 392 g/mol. The molecule has 0 saturated carbocycles. The number of hydrogen-bond acceptors (Lipinski definition) is 3. The first-order chi connectivity index (χ1) is 13.3. The van der Waals surface area contributed by atoms with Crippen molar-refractivity contribution in [3.63, 3.8) is 0 Å². The number of benzene rings is 1. The molecule has 1 aromatic heterocycles. The Balaban J connectivity index is 2.02. The number of aliphatic carboxylic acids is 1. The minimum atomic E-state index is -4.47. The van der Waals surface area contributed by atoms with Crippen LogP contribution in [0.25, 0.3) is 0 Å². The Hall–Kier alpha value is -2.41. The maximum Gasteiger partial charge on any atom is 0.416 e. The second kappa shape index (κ2) is 8.31. The smallest absolute Gasteiger partial charge is 0.416 e. The summed E-state index contributed by atoms with van der Waals surface area (Å²) < 4.78 is 41.0. The quantitative estimate of drug-likeness (QED) is 0.811. The number of carboxylic acids is 1. The van der Waals surface area contributed by atoms with Crippen LogP contribution >= 0.6 is 0 Å². The molecular weight excluding hydrogens is 369 g/mol. The van der Waals surface area contributed by atoms with E-state index in [1.54, 1.807) is 18.3 Å². The van der Waals surface area contributed by atoms with E-state index in [1.165, 1.54) is 12.1 Å². The molecule has 0 aliphatic carbocycles. The van der Waals surface area contributed by atoms with Crippen molar-refractivity contribution in [2.45, 2.75) is 38.4 Å². The Labute approximate surface area is 162 Å². The van der Waals surface area contributed by atoms with Crippen LogP contribution in [0.15, 0.2) is 42.6 Å². The van der Waals surface area contributed by atoms with Crippen molar-refractivity contribution in [1.29, 1.82) is 0 Å². The topological polar surface area (TPSA) is 53.4 Å². The standard InChI is InChI=1S/C21H23F3N2O2/c1-2-14-7-8-18(25-13-14)19(26-11-9-15(10-12-26)20(27)28)16-5-3-4-6-17(16)21(22,23)24/h3-8,13,15,19H,2,9-12H2,1H3,(H,27,28). The Morgan fingerprint density at radius 2 is 1.89 bits per heavy atom. The maximum absolute atomic E-state index is 13.7. The van der Waals surface area contributed by atoms with Crippen molar-refractivity contribution in [2.75, 3.05) is 13.1 Å². The van der Waals surface area contributed by atoms with E-state index in [2.05, 4.69) is 4.98 Å². The van der Waals surface area contributed by atoms with Gasteiger partial charge in [0.1, 0.15) is 0 Å². The fourth-order valence-electron chi connectivity index (χ4n) is 3.75. The van der Waals surface area contributed by atoms with Crippen molar-refractivity contribution in [1.82, 2.24) is 9.88 Å². The van der Waals surface area contributed by atoms with E-state index in [4.69, 9.17) is 0 Å². The third kappa shape index (κ3) is 4.35. The first kappa shape index (κ1) is 20.3. The molecule has 28 heavy (non-hydrogen) atoms. The number of hydrogen-bond donors (Lipinski definition) is 1.